The van der Waals surface area contributed by atoms with Crippen LogP contribution in [-0.2, 0) is 5.75 Å². The fourth-order valence-electron chi connectivity index (χ4n) is 2.87. The molecule has 1 aliphatic rings. The molecular formula is C18H25Cl2N3OS2. The molecule has 1 saturated carbocycles. The number of hydrogen-bond donors (Lipinski definition) is 2. The number of nitrogens with two attached hydrogens (primary N) is 1. The Bertz CT molecular complexity index is 686. The molecule has 0 bridgehead atoms. The molecule has 0 aliphatic heterocycles. The summed E-state index contributed by atoms with van der Waals surface area (Å²) in [5, 5.41) is 6.32. The van der Waals surface area contributed by atoms with Crippen molar-refractivity contribution in [3.63, 3.8) is 0 Å². The number of amides is 1. The Kier molecular flexibility index (Phi) is 9.97. The van der Waals surface area contributed by atoms with Gasteiger partial charge in [0.1, 0.15) is 0 Å². The van der Waals surface area contributed by atoms with Crippen LogP contribution in [0.25, 0.3) is 0 Å². The van der Waals surface area contributed by atoms with E-state index in [1.54, 1.807) is 23.1 Å². The van der Waals surface area contributed by atoms with Crippen molar-refractivity contribution >= 4 is 53.8 Å². The highest BCUT2D eigenvalue weighted by Gasteiger charge is 2.20. The van der Waals surface area contributed by atoms with E-state index in [0.29, 0.717) is 6.04 Å². The molecule has 1 heterocycles. The lowest BCUT2D eigenvalue weighted by Crippen LogP contribution is -2.40. The summed E-state index contributed by atoms with van der Waals surface area (Å²) in [6.07, 6.45) is 3.95. The van der Waals surface area contributed by atoms with Gasteiger partial charge in [0.2, 0.25) is 0 Å². The molecule has 0 atom stereocenters. The minimum absolute atomic E-state index is 0. The second kappa shape index (κ2) is 11.1. The van der Waals surface area contributed by atoms with Crippen LogP contribution in [0, 0.1) is 6.92 Å². The third-order valence-electron chi connectivity index (χ3n) is 4.28. The fraction of sp³-hybridized carbons (Fsp3) is 0.444. The third-order valence-corrected chi connectivity index (χ3v) is 6.14. The third kappa shape index (κ3) is 6.74. The first-order chi connectivity index (χ1) is 11.6. The van der Waals surface area contributed by atoms with Gasteiger partial charge in [-0.3, -0.25) is 4.79 Å². The van der Waals surface area contributed by atoms with Gasteiger partial charge >= 0.3 is 0 Å². The number of benzene rings is 1. The van der Waals surface area contributed by atoms with Gasteiger partial charge in [0, 0.05) is 33.7 Å². The minimum atomic E-state index is 0. The molecule has 0 saturated heterocycles. The second-order valence-corrected chi connectivity index (χ2v) is 8.37. The molecule has 1 aliphatic carbocycles. The topological polar surface area (TPSA) is 68.0 Å². The van der Waals surface area contributed by atoms with E-state index in [1.807, 2.05) is 31.2 Å². The highest BCUT2D eigenvalue weighted by atomic mass is 35.5. The molecule has 1 amide bonds. The van der Waals surface area contributed by atoms with Gasteiger partial charge in [-0.15, -0.1) is 47.9 Å². The van der Waals surface area contributed by atoms with Crippen LogP contribution >= 0.6 is 47.9 Å². The molecule has 3 N–H and O–H groups in total. The van der Waals surface area contributed by atoms with Gasteiger partial charge in [0.25, 0.3) is 5.91 Å². The molecule has 26 heavy (non-hydrogen) atoms. The first-order valence-corrected chi connectivity index (χ1v) is 10.2. The Labute approximate surface area is 175 Å². The number of carbonyl (C=O) groups excluding carboxylic acids is 1. The molecular weight excluding hydrogens is 409 g/mol. The molecule has 1 aromatic heterocycles. The van der Waals surface area contributed by atoms with E-state index in [4.69, 9.17) is 5.73 Å². The van der Waals surface area contributed by atoms with E-state index >= 15 is 0 Å². The van der Waals surface area contributed by atoms with Gasteiger partial charge in [0.05, 0.1) is 10.7 Å². The Morgan fingerprint density at radius 1 is 1.23 bits per heavy atom. The number of nitrogens with zero attached hydrogens (tertiary/aromatic N) is 1. The Balaban J connectivity index is 0.00000169. The lowest BCUT2D eigenvalue weighted by molar-refractivity contribution is 0.0926. The first kappa shape index (κ1) is 23.2. The van der Waals surface area contributed by atoms with E-state index in [-0.39, 0.29) is 36.8 Å². The average Bonchev–Trinajstić information content (AvgIpc) is 3.01. The first-order valence-electron chi connectivity index (χ1n) is 8.30. The van der Waals surface area contributed by atoms with Crippen molar-refractivity contribution in [3.8, 4) is 0 Å². The summed E-state index contributed by atoms with van der Waals surface area (Å²) in [5.74, 6) is 0.875. The van der Waals surface area contributed by atoms with Crippen molar-refractivity contribution in [1.82, 2.24) is 10.3 Å². The molecule has 4 nitrogen and oxygen atoms in total. The summed E-state index contributed by atoms with van der Waals surface area (Å²) >= 11 is 3.42. The van der Waals surface area contributed by atoms with Crippen molar-refractivity contribution in [1.29, 1.82) is 0 Å². The van der Waals surface area contributed by atoms with Crippen LogP contribution in [0.4, 0.5) is 0 Å². The molecule has 0 unspecified atom stereocenters. The molecule has 0 spiro atoms. The number of carbonyl (C=O) groups is 1. The number of hydrogen-bond acceptors (Lipinski definition) is 5. The lowest BCUT2D eigenvalue weighted by atomic mass is 9.91. The predicted molar refractivity (Wildman–Crippen MR) is 115 cm³/mol. The summed E-state index contributed by atoms with van der Waals surface area (Å²) in [4.78, 5) is 18.0. The fourth-order valence-corrected chi connectivity index (χ4v) is 4.38. The van der Waals surface area contributed by atoms with Gasteiger partial charge in [-0.25, -0.2) is 4.98 Å². The van der Waals surface area contributed by atoms with E-state index in [1.165, 1.54) is 0 Å². The van der Waals surface area contributed by atoms with Crippen molar-refractivity contribution in [2.45, 2.75) is 55.3 Å². The quantitative estimate of drug-likeness (QED) is 0.676. The number of aryl methyl sites for hydroxylation is 1. The monoisotopic (exact) mass is 433 g/mol. The summed E-state index contributed by atoms with van der Waals surface area (Å²) in [6, 6.07) is 8.39. The number of thiazole rings is 1. The molecule has 144 valence electrons. The smallest absolute Gasteiger partial charge is 0.251 e. The van der Waals surface area contributed by atoms with Gasteiger partial charge < -0.3 is 11.1 Å². The van der Waals surface area contributed by atoms with Gasteiger partial charge in [0.15, 0.2) is 0 Å². The van der Waals surface area contributed by atoms with Crippen LogP contribution < -0.4 is 11.1 Å². The highest BCUT2D eigenvalue weighted by Crippen LogP contribution is 2.24. The average molecular weight is 434 g/mol. The Morgan fingerprint density at radius 2 is 1.88 bits per heavy atom. The minimum Gasteiger partial charge on any atom is -0.349 e. The molecule has 3 rings (SSSR count). The summed E-state index contributed by atoms with van der Waals surface area (Å²) in [7, 11) is 0. The predicted octanol–water partition coefficient (Wildman–Crippen LogP) is 4.59. The number of rotatable bonds is 5. The normalized spacial score (nSPS) is 19.2. The van der Waals surface area contributed by atoms with E-state index < -0.39 is 0 Å². The van der Waals surface area contributed by atoms with Crippen LogP contribution in [0.15, 0.2) is 34.5 Å². The number of halogens is 2. The molecule has 1 fully saturated rings. The van der Waals surface area contributed by atoms with Crippen molar-refractivity contribution < 1.29 is 4.79 Å². The molecule has 8 heteroatoms. The van der Waals surface area contributed by atoms with Crippen LogP contribution in [-0.4, -0.2) is 23.0 Å². The molecule has 0 radical (unpaired) electrons. The maximum absolute atomic E-state index is 12.3. The number of aromatic nitrogens is 1. The standard InChI is InChI=1S/C18H23N3OS2.2ClH/c1-12-20-16(10-23-12)11-24-17-8-2-13(3-9-17)18(22)21-15-6-4-14(19)5-7-15;;/h2-3,8-10,14-15H,4-7,11,19H2,1H3,(H,21,22);2*1H. The lowest BCUT2D eigenvalue weighted by Gasteiger charge is -2.26. The van der Waals surface area contributed by atoms with Gasteiger partial charge in [-0.2, -0.15) is 0 Å². The van der Waals surface area contributed by atoms with Crippen LogP contribution in [0.3, 0.4) is 0 Å². The zero-order chi connectivity index (χ0) is 16.9. The SMILES string of the molecule is Cc1nc(CSc2ccc(C(=O)NC3CCC(N)CC3)cc2)cs1.Cl.Cl. The molecule has 1 aromatic carbocycles. The van der Waals surface area contributed by atoms with Gasteiger partial charge in [-0.1, -0.05) is 0 Å². The summed E-state index contributed by atoms with van der Waals surface area (Å²) < 4.78 is 0. The Hall–Kier alpha value is -0.790. The zero-order valence-electron chi connectivity index (χ0n) is 14.6. The van der Waals surface area contributed by atoms with Crippen LogP contribution in [0.2, 0.25) is 0 Å². The maximum atomic E-state index is 12.3. The van der Waals surface area contributed by atoms with Crippen molar-refractivity contribution in [2.24, 2.45) is 5.73 Å². The van der Waals surface area contributed by atoms with E-state index in [0.717, 1.165) is 52.6 Å². The van der Waals surface area contributed by atoms with Crippen molar-refractivity contribution in [2.75, 3.05) is 0 Å². The Morgan fingerprint density at radius 3 is 2.46 bits per heavy atom. The van der Waals surface area contributed by atoms with Gasteiger partial charge in [-0.05, 0) is 56.9 Å². The van der Waals surface area contributed by atoms with Crippen LogP contribution in [0.1, 0.15) is 46.7 Å². The van der Waals surface area contributed by atoms with E-state index in [9.17, 15) is 4.79 Å². The zero-order valence-corrected chi connectivity index (χ0v) is 17.9. The maximum Gasteiger partial charge on any atom is 0.251 e. The van der Waals surface area contributed by atoms with Crippen LogP contribution in [0.5, 0.6) is 0 Å². The largest absolute Gasteiger partial charge is 0.349 e. The summed E-state index contributed by atoms with van der Waals surface area (Å²) in [6.45, 7) is 2.02. The van der Waals surface area contributed by atoms with E-state index in [2.05, 4.69) is 15.7 Å². The molecule has 2 aromatic rings. The second-order valence-electron chi connectivity index (χ2n) is 6.26. The number of thioether (sulfide) groups is 1. The highest BCUT2D eigenvalue weighted by molar-refractivity contribution is 7.98. The summed E-state index contributed by atoms with van der Waals surface area (Å²) in [5.41, 5.74) is 7.74. The number of nitrogens with one attached hydrogen (secondary N) is 1. The van der Waals surface area contributed by atoms with Crippen molar-refractivity contribution in [3.05, 3.63) is 45.9 Å².